The number of nitrogens with one attached hydrogen (secondary N) is 3. The Morgan fingerprint density at radius 2 is 1.31 bits per heavy atom. The fourth-order valence-corrected chi connectivity index (χ4v) is 2.84. The molecule has 0 aromatic carbocycles. The number of carboxylic acid groups (broad SMARTS) is 1. The van der Waals surface area contributed by atoms with E-state index in [-0.39, 0.29) is 44.1 Å². The largest absolute Gasteiger partial charge is 0.480 e. The van der Waals surface area contributed by atoms with Gasteiger partial charge in [-0.2, -0.15) is 0 Å². The number of hydrogen-bond donors (Lipinski definition) is 9. The quantitative estimate of drug-likeness (QED) is 0.0509. The number of primary amides is 2. The van der Waals surface area contributed by atoms with Gasteiger partial charge in [-0.05, 0) is 25.2 Å². The number of carbonyl (C=O) groups is 6. The van der Waals surface area contributed by atoms with E-state index in [1.54, 1.807) is 13.8 Å². The second-order valence-electron chi connectivity index (χ2n) is 8.42. The minimum atomic E-state index is -1.57. The molecule has 0 saturated heterocycles. The Labute approximate surface area is 208 Å². The van der Waals surface area contributed by atoms with Gasteiger partial charge in [0.05, 0.1) is 12.5 Å². The highest BCUT2D eigenvalue weighted by molar-refractivity contribution is 5.96. The van der Waals surface area contributed by atoms with Crippen molar-refractivity contribution >= 4 is 41.5 Å². The molecule has 0 radical (unpaired) electrons. The van der Waals surface area contributed by atoms with E-state index in [0.29, 0.717) is 0 Å². The maximum absolute atomic E-state index is 12.9. The van der Waals surface area contributed by atoms with Gasteiger partial charge in [0.15, 0.2) is 5.96 Å². The van der Waals surface area contributed by atoms with Crippen molar-refractivity contribution in [1.29, 1.82) is 0 Å². The lowest BCUT2D eigenvalue weighted by atomic mass is 10.0. The number of rotatable bonds is 17. The van der Waals surface area contributed by atoms with Crippen LogP contribution in [0.3, 0.4) is 0 Å². The van der Waals surface area contributed by atoms with Gasteiger partial charge >= 0.3 is 5.97 Å². The molecule has 16 heteroatoms. The number of hydrogen-bond acceptors (Lipinski definition) is 8. The van der Waals surface area contributed by atoms with Gasteiger partial charge in [0.1, 0.15) is 18.1 Å². The Bertz CT molecular complexity index is 843. The summed E-state index contributed by atoms with van der Waals surface area (Å²) in [6.45, 7) is 3.49. The highest BCUT2D eigenvalue weighted by Crippen LogP contribution is 2.05. The van der Waals surface area contributed by atoms with Crippen LogP contribution < -0.4 is 44.6 Å². The molecular formula is C20H37N9O7. The molecule has 4 atom stereocenters. The van der Waals surface area contributed by atoms with E-state index in [2.05, 4.69) is 20.9 Å². The lowest BCUT2D eigenvalue weighted by Crippen LogP contribution is -2.58. The van der Waals surface area contributed by atoms with Crippen LogP contribution in [0.15, 0.2) is 4.99 Å². The third-order valence-electron chi connectivity index (χ3n) is 4.93. The van der Waals surface area contributed by atoms with Crippen molar-refractivity contribution in [2.45, 2.75) is 70.1 Å². The van der Waals surface area contributed by atoms with Crippen molar-refractivity contribution in [3.63, 3.8) is 0 Å². The van der Waals surface area contributed by atoms with E-state index < -0.39 is 66.1 Å². The van der Waals surface area contributed by atoms with Gasteiger partial charge in [-0.15, -0.1) is 0 Å². The van der Waals surface area contributed by atoms with Crippen LogP contribution in [0, 0.1) is 5.92 Å². The molecule has 0 rings (SSSR count). The van der Waals surface area contributed by atoms with E-state index in [4.69, 9.17) is 28.7 Å². The van der Waals surface area contributed by atoms with Crippen LogP contribution in [0.1, 0.15) is 46.0 Å². The summed E-state index contributed by atoms with van der Waals surface area (Å²) in [5.74, 6) is -6.14. The SMILES string of the molecule is CC(C)C(N)C(=O)NC(CCC(N)=O)C(=O)NC(CC(N)=O)C(=O)NC(CCCN=C(N)N)C(=O)O. The van der Waals surface area contributed by atoms with Gasteiger partial charge in [-0.25, -0.2) is 4.79 Å². The standard InChI is InChI=1S/C20H37N9O7/c1-9(2)15(23)18(34)27-10(5-6-13(21)30)16(32)29-12(8-14(22)31)17(33)28-11(19(35)36)4-3-7-26-20(24)25/h9-12,15H,3-8,23H2,1-2H3,(H2,21,30)(H2,22,31)(H,27,34)(H,28,33)(H,29,32)(H,35,36)(H4,24,25,26). The van der Waals surface area contributed by atoms with E-state index in [1.165, 1.54) is 0 Å². The molecule has 0 bridgehead atoms. The Kier molecular flexibility index (Phi) is 14.1. The number of nitrogens with two attached hydrogens (primary N) is 5. The molecule has 0 aromatic heterocycles. The monoisotopic (exact) mass is 515 g/mol. The molecule has 36 heavy (non-hydrogen) atoms. The van der Waals surface area contributed by atoms with Crippen molar-refractivity contribution in [3.8, 4) is 0 Å². The molecule has 0 saturated carbocycles. The Morgan fingerprint density at radius 3 is 1.78 bits per heavy atom. The first kappa shape index (κ1) is 32.0. The summed E-state index contributed by atoms with van der Waals surface area (Å²) in [5.41, 5.74) is 26.5. The minimum Gasteiger partial charge on any atom is -0.480 e. The van der Waals surface area contributed by atoms with E-state index in [0.717, 1.165) is 0 Å². The topological polar surface area (TPSA) is 301 Å². The zero-order valence-corrected chi connectivity index (χ0v) is 20.4. The summed E-state index contributed by atoms with van der Waals surface area (Å²) < 4.78 is 0. The molecule has 0 aliphatic heterocycles. The van der Waals surface area contributed by atoms with Crippen molar-refractivity contribution in [2.75, 3.05) is 6.54 Å². The average molecular weight is 516 g/mol. The molecule has 0 heterocycles. The van der Waals surface area contributed by atoms with Crippen LogP contribution in [0.25, 0.3) is 0 Å². The number of guanidine groups is 1. The molecule has 204 valence electrons. The van der Waals surface area contributed by atoms with Crippen LogP contribution >= 0.6 is 0 Å². The zero-order valence-electron chi connectivity index (χ0n) is 20.4. The number of aliphatic imine (C=N–C) groups is 1. The molecule has 0 aromatic rings. The fraction of sp³-hybridized carbons (Fsp3) is 0.650. The minimum absolute atomic E-state index is 0.0561. The van der Waals surface area contributed by atoms with Crippen molar-refractivity contribution in [3.05, 3.63) is 0 Å². The van der Waals surface area contributed by atoms with Gasteiger partial charge in [-0.1, -0.05) is 13.8 Å². The Balaban J connectivity index is 5.55. The smallest absolute Gasteiger partial charge is 0.326 e. The first-order chi connectivity index (χ1) is 16.6. The van der Waals surface area contributed by atoms with Crippen LogP contribution in [0.2, 0.25) is 0 Å². The van der Waals surface area contributed by atoms with Gasteiger partial charge in [0, 0.05) is 13.0 Å². The molecule has 0 aliphatic carbocycles. The van der Waals surface area contributed by atoms with Crippen LogP contribution in [0.4, 0.5) is 0 Å². The van der Waals surface area contributed by atoms with Gasteiger partial charge in [0.2, 0.25) is 29.5 Å². The number of nitrogens with zero attached hydrogens (tertiary/aromatic N) is 1. The van der Waals surface area contributed by atoms with Gasteiger partial charge < -0.3 is 49.7 Å². The van der Waals surface area contributed by atoms with E-state index >= 15 is 0 Å². The molecule has 16 nitrogen and oxygen atoms in total. The molecule has 0 aliphatic rings. The second kappa shape index (κ2) is 15.9. The zero-order chi connectivity index (χ0) is 28.0. The predicted octanol–water partition coefficient (Wildman–Crippen LogP) is -4.30. The third-order valence-corrected chi connectivity index (χ3v) is 4.93. The summed E-state index contributed by atoms with van der Waals surface area (Å²) in [6.07, 6.45) is -1.01. The Morgan fingerprint density at radius 1 is 0.778 bits per heavy atom. The van der Waals surface area contributed by atoms with Crippen molar-refractivity contribution in [1.82, 2.24) is 16.0 Å². The van der Waals surface area contributed by atoms with Crippen molar-refractivity contribution in [2.24, 2.45) is 39.6 Å². The highest BCUT2D eigenvalue weighted by atomic mass is 16.4. The van der Waals surface area contributed by atoms with Crippen LogP contribution in [-0.2, 0) is 28.8 Å². The third kappa shape index (κ3) is 13.1. The molecular weight excluding hydrogens is 478 g/mol. The summed E-state index contributed by atoms with van der Waals surface area (Å²) in [6, 6.07) is -5.24. The molecule has 0 fully saturated rings. The maximum Gasteiger partial charge on any atom is 0.326 e. The number of carbonyl (C=O) groups excluding carboxylic acids is 5. The Hall–Kier alpha value is -3.95. The lowest BCUT2D eigenvalue weighted by Gasteiger charge is -2.25. The van der Waals surface area contributed by atoms with E-state index in [1.807, 2.05) is 0 Å². The van der Waals surface area contributed by atoms with Gasteiger partial charge in [0.25, 0.3) is 0 Å². The molecule has 5 amide bonds. The summed E-state index contributed by atoms with van der Waals surface area (Å²) in [7, 11) is 0. The van der Waals surface area contributed by atoms with Crippen molar-refractivity contribution < 1.29 is 33.9 Å². The first-order valence-corrected chi connectivity index (χ1v) is 11.2. The molecule has 0 spiro atoms. The van der Waals surface area contributed by atoms with Crippen LogP contribution in [-0.4, -0.2) is 77.3 Å². The summed E-state index contributed by atoms with van der Waals surface area (Å²) >= 11 is 0. The fourth-order valence-electron chi connectivity index (χ4n) is 2.84. The number of amides is 5. The summed E-state index contributed by atoms with van der Waals surface area (Å²) in [4.78, 5) is 75.9. The number of aliphatic carboxylic acids is 1. The normalized spacial score (nSPS) is 14.0. The second-order valence-corrected chi connectivity index (χ2v) is 8.42. The van der Waals surface area contributed by atoms with E-state index in [9.17, 15) is 33.9 Å². The average Bonchev–Trinajstić information content (AvgIpc) is 2.76. The number of carboxylic acids is 1. The maximum atomic E-state index is 12.9. The first-order valence-electron chi connectivity index (χ1n) is 11.2. The molecule has 4 unspecified atom stereocenters. The van der Waals surface area contributed by atoms with Crippen LogP contribution in [0.5, 0.6) is 0 Å². The summed E-state index contributed by atoms with van der Waals surface area (Å²) in [5, 5.41) is 16.3. The lowest BCUT2D eigenvalue weighted by molar-refractivity contribution is -0.142. The predicted molar refractivity (Wildman–Crippen MR) is 128 cm³/mol. The highest BCUT2D eigenvalue weighted by Gasteiger charge is 2.31. The van der Waals surface area contributed by atoms with Gasteiger partial charge in [-0.3, -0.25) is 29.0 Å². The molecule has 14 N–H and O–H groups in total.